The van der Waals surface area contributed by atoms with Crippen molar-refractivity contribution < 1.29 is 0 Å². The summed E-state index contributed by atoms with van der Waals surface area (Å²) in [6.07, 6.45) is 1.66. The Morgan fingerprint density at radius 1 is 1.50 bits per heavy atom. The number of nitrogens with one attached hydrogen (secondary N) is 1. The molecule has 1 aromatic rings. The normalized spacial score (nSPS) is 9.00. The molecule has 0 fully saturated rings. The molecule has 0 heterocycles. The Bertz CT molecular complexity index is 302. The third kappa shape index (κ3) is 2.16. The van der Waals surface area contributed by atoms with Gasteiger partial charge in [-0.3, -0.25) is 0 Å². The van der Waals surface area contributed by atoms with E-state index in [0.717, 1.165) is 17.1 Å². The van der Waals surface area contributed by atoms with Gasteiger partial charge in [0.25, 0.3) is 0 Å². The van der Waals surface area contributed by atoms with Crippen LogP contribution in [0.2, 0.25) is 0 Å². The van der Waals surface area contributed by atoms with Crippen LogP contribution in [0.25, 0.3) is 0 Å². The summed E-state index contributed by atoms with van der Waals surface area (Å²) in [5, 5.41) is 3.04. The highest BCUT2D eigenvalue weighted by molar-refractivity contribution is 5.57. The minimum absolute atomic E-state index is 0.733. The van der Waals surface area contributed by atoms with E-state index in [1.54, 1.807) is 6.08 Å². The van der Waals surface area contributed by atoms with Gasteiger partial charge in [-0.05, 0) is 24.3 Å². The molecule has 0 amide bonds. The second-order valence-corrected chi connectivity index (χ2v) is 2.48. The van der Waals surface area contributed by atoms with Crippen LogP contribution < -0.4 is 11.1 Å². The van der Waals surface area contributed by atoms with E-state index >= 15 is 0 Å². The number of hydrogen-bond acceptors (Lipinski definition) is 2. The monoisotopic (exact) mass is 160 g/mol. The van der Waals surface area contributed by atoms with Gasteiger partial charge in [-0.25, -0.2) is 0 Å². The van der Waals surface area contributed by atoms with E-state index in [2.05, 4.69) is 18.5 Å². The summed E-state index contributed by atoms with van der Waals surface area (Å²) in [7, 11) is 0. The maximum absolute atomic E-state index is 5.58. The lowest BCUT2D eigenvalue weighted by atomic mass is 10.3. The zero-order valence-corrected chi connectivity index (χ0v) is 6.88. The Kier molecular flexibility index (Phi) is 2.53. The second kappa shape index (κ2) is 3.62. The van der Waals surface area contributed by atoms with Gasteiger partial charge < -0.3 is 11.1 Å². The summed E-state index contributed by atoms with van der Waals surface area (Å²) in [5.74, 6) is 0. The van der Waals surface area contributed by atoms with E-state index in [0.29, 0.717) is 0 Å². The Hall–Kier alpha value is -1.70. The average molecular weight is 160 g/mol. The summed E-state index contributed by atoms with van der Waals surface area (Å²) in [4.78, 5) is 0. The predicted molar refractivity (Wildman–Crippen MR) is 53.8 cm³/mol. The summed E-state index contributed by atoms with van der Waals surface area (Å²) in [6.45, 7) is 7.31. The Balaban J connectivity index is 2.76. The lowest BCUT2D eigenvalue weighted by Gasteiger charge is -2.05. The summed E-state index contributed by atoms with van der Waals surface area (Å²) in [6, 6.07) is 7.48. The molecule has 1 rings (SSSR count). The molecule has 0 bridgehead atoms. The van der Waals surface area contributed by atoms with E-state index in [4.69, 9.17) is 5.73 Å². The summed E-state index contributed by atoms with van der Waals surface area (Å²) < 4.78 is 0. The topological polar surface area (TPSA) is 38.0 Å². The quantitative estimate of drug-likeness (QED) is 0.526. The maximum Gasteiger partial charge on any atom is 0.0404 e. The first kappa shape index (κ1) is 8.40. The van der Waals surface area contributed by atoms with Gasteiger partial charge >= 0.3 is 0 Å². The molecule has 1 aromatic carbocycles. The number of anilines is 2. The molecular formula is C10H12N2. The second-order valence-electron chi connectivity index (χ2n) is 2.48. The van der Waals surface area contributed by atoms with Gasteiger partial charge in [-0.15, -0.1) is 0 Å². The fourth-order valence-electron chi connectivity index (χ4n) is 0.853. The van der Waals surface area contributed by atoms with Gasteiger partial charge in [0.2, 0.25) is 0 Å². The fourth-order valence-corrected chi connectivity index (χ4v) is 0.853. The van der Waals surface area contributed by atoms with E-state index < -0.39 is 0 Å². The predicted octanol–water partition coefficient (Wildman–Crippen LogP) is 2.38. The Morgan fingerprint density at radius 2 is 2.25 bits per heavy atom. The molecule has 0 aliphatic rings. The van der Waals surface area contributed by atoms with Crippen LogP contribution in [0.15, 0.2) is 49.2 Å². The highest BCUT2D eigenvalue weighted by Crippen LogP contribution is 2.13. The van der Waals surface area contributed by atoms with Crippen molar-refractivity contribution in [2.24, 2.45) is 0 Å². The zero-order valence-electron chi connectivity index (χ0n) is 6.88. The van der Waals surface area contributed by atoms with Crippen molar-refractivity contribution in [3.63, 3.8) is 0 Å². The molecule has 0 saturated heterocycles. The van der Waals surface area contributed by atoms with Crippen molar-refractivity contribution in [1.82, 2.24) is 0 Å². The van der Waals surface area contributed by atoms with E-state index in [1.807, 2.05) is 24.3 Å². The van der Waals surface area contributed by atoms with Crippen molar-refractivity contribution in [3.8, 4) is 0 Å². The van der Waals surface area contributed by atoms with Gasteiger partial charge in [0.1, 0.15) is 0 Å². The first-order valence-electron chi connectivity index (χ1n) is 3.66. The number of benzene rings is 1. The summed E-state index contributed by atoms with van der Waals surface area (Å²) in [5.41, 5.74) is 8.01. The number of nitrogen functional groups attached to an aromatic ring is 1. The van der Waals surface area contributed by atoms with Gasteiger partial charge in [-0.2, -0.15) is 0 Å². The molecule has 12 heavy (non-hydrogen) atoms. The molecule has 0 spiro atoms. The third-order valence-electron chi connectivity index (χ3n) is 1.44. The summed E-state index contributed by atoms with van der Waals surface area (Å²) >= 11 is 0. The fraction of sp³-hybridized carbons (Fsp3) is 0. The van der Waals surface area contributed by atoms with Crippen molar-refractivity contribution in [2.75, 3.05) is 11.1 Å². The van der Waals surface area contributed by atoms with Crippen molar-refractivity contribution >= 4 is 11.4 Å². The highest BCUT2D eigenvalue weighted by atomic mass is 14.9. The molecule has 2 nitrogen and oxygen atoms in total. The molecule has 0 unspecified atom stereocenters. The lowest BCUT2D eigenvalue weighted by Crippen LogP contribution is -1.95. The zero-order chi connectivity index (χ0) is 8.97. The standard InChI is InChI=1S/C10H12N2/c1-3-8(2)12-10-6-4-5-9(11)7-10/h3-7,12H,1-2,11H2. The minimum Gasteiger partial charge on any atom is -0.399 e. The van der Waals surface area contributed by atoms with Gasteiger partial charge in [0.05, 0.1) is 0 Å². The molecule has 0 aromatic heterocycles. The van der Waals surface area contributed by atoms with Crippen LogP contribution >= 0.6 is 0 Å². The van der Waals surface area contributed by atoms with Crippen LogP contribution in [0.4, 0.5) is 11.4 Å². The Labute approximate surface area is 72.4 Å². The van der Waals surface area contributed by atoms with Gasteiger partial charge in [-0.1, -0.05) is 19.2 Å². The largest absolute Gasteiger partial charge is 0.399 e. The van der Waals surface area contributed by atoms with Gasteiger partial charge in [0, 0.05) is 17.1 Å². The molecule has 0 atom stereocenters. The van der Waals surface area contributed by atoms with E-state index in [9.17, 15) is 0 Å². The highest BCUT2D eigenvalue weighted by Gasteiger charge is 1.91. The Morgan fingerprint density at radius 3 is 2.83 bits per heavy atom. The smallest absolute Gasteiger partial charge is 0.0404 e. The van der Waals surface area contributed by atoms with Crippen molar-refractivity contribution in [2.45, 2.75) is 0 Å². The first-order valence-corrected chi connectivity index (χ1v) is 3.66. The average Bonchev–Trinajstić information content (AvgIpc) is 2.04. The molecule has 0 aliphatic carbocycles. The molecule has 62 valence electrons. The third-order valence-corrected chi connectivity index (χ3v) is 1.44. The van der Waals surface area contributed by atoms with Crippen molar-refractivity contribution in [1.29, 1.82) is 0 Å². The number of allylic oxidation sites excluding steroid dienone is 1. The number of nitrogens with two attached hydrogens (primary N) is 1. The van der Waals surface area contributed by atoms with Crippen LogP contribution in [0.1, 0.15) is 0 Å². The lowest BCUT2D eigenvalue weighted by molar-refractivity contribution is 1.50. The van der Waals surface area contributed by atoms with Crippen molar-refractivity contribution in [3.05, 3.63) is 49.2 Å². The van der Waals surface area contributed by atoms with E-state index in [-0.39, 0.29) is 0 Å². The van der Waals surface area contributed by atoms with Crippen LogP contribution in [-0.4, -0.2) is 0 Å². The molecule has 3 N–H and O–H groups in total. The maximum atomic E-state index is 5.58. The van der Waals surface area contributed by atoms with Crippen LogP contribution in [0.5, 0.6) is 0 Å². The van der Waals surface area contributed by atoms with Crippen LogP contribution in [-0.2, 0) is 0 Å². The van der Waals surface area contributed by atoms with Crippen LogP contribution in [0, 0.1) is 0 Å². The molecule has 0 radical (unpaired) electrons. The number of hydrogen-bond donors (Lipinski definition) is 2. The molecule has 0 aliphatic heterocycles. The minimum atomic E-state index is 0.733. The number of rotatable bonds is 3. The SMILES string of the molecule is C=CC(=C)Nc1cccc(N)c1. The molecular weight excluding hydrogens is 148 g/mol. The van der Waals surface area contributed by atoms with E-state index in [1.165, 1.54) is 0 Å². The molecule has 2 heteroatoms. The van der Waals surface area contributed by atoms with Crippen LogP contribution in [0.3, 0.4) is 0 Å². The molecule has 0 saturated carbocycles. The first-order chi connectivity index (χ1) is 5.72. The van der Waals surface area contributed by atoms with Gasteiger partial charge in [0.15, 0.2) is 0 Å².